The van der Waals surface area contributed by atoms with Crippen LogP contribution in [0.3, 0.4) is 0 Å². The Balaban J connectivity index is 0.706. The number of fused-ring (bicyclic) bond motifs is 1. The number of nitrogens with one attached hydrogen (secondary N) is 2. The average molecular weight is 1110 g/mol. The van der Waals surface area contributed by atoms with Gasteiger partial charge in [0, 0.05) is 55.1 Å². The van der Waals surface area contributed by atoms with Gasteiger partial charge < -0.3 is 50.2 Å². The number of β-amino-alcohol motifs (C(OH)–C–C–N with tert-alkyl or cyclic N) is 1. The second-order valence-electron chi connectivity index (χ2n) is 20.6. The Hall–Kier alpha value is -7.24. The number of ether oxygens (including phenoxy) is 4. The van der Waals surface area contributed by atoms with Crippen molar-refractivity contribution >= 4 is 46.5 Å². The fourth-order valence-corrected chi connectivity index (χ4v) is 10.2. The minimum Gasteiger partial charge on any atom is -0.453 e. The number of thiazole rings is 1. The number of nitrogens with zero attached hydrogens (tertiary/aromatic N) is 6. The van der Waals surface area contributed by atoms with E-state index in [0.29, 0.717) is 62.1 Å². The molecule has 3 aromatic heterocycles. The number of benzene rings is 3. The summed E-state index contributed by atoms with van der Waals surface area (Å²) in [5.41, 5.74) is 12.7. The van der Waals surface area contributed by atoms with Crippen LogP contribution in [0.4, 0.5) is 24.7 Å². The van der Waals surface area contributed by atoms with Crippen LogP contribution in [0.2, 0.25) is 0 Å². The van der Waals surface area contributed by atoms with Crippen molar-refractivity contribution < 1.29 is 56.4 Å². The molecule has 5 N–H and O–H groups in total. The lowest BCUT2D eigenvalue weighted by atomic mass is 9.85. The number of aliphatic hydroxyl groups excluding tert-OH is 1. The Morgan fingerprint density at radius 3 is 2.32 bits per heavy atom. The van der Waals surface area contributed by atoms with Gasteiger partial charge in [-0.1, -0.05) is 63.2 Å². The van der Waals surface area contributed by atoms with Crippen molar-refractivity contribution in [3.63, 3.8) is 0 Å². The molecule has 2 aliphatic heterocycles. The maximum atomic E-state index is 14.1. The van der Waals surface area contributed by atoms with Gasteiger partial charge in [-0.25, -0.2) is 9.97 Å². The number of hydrogen-bond donors (Lipinski definition) is 4. The molecule has 0 bridgehead atoms. The van der Waals surface area contributed by atoms with Crippen molar-refractivity contribution in [3.8, 4) is 33.1 Å². The van der Waals surface area contributed by atoms with E-state index in [1.54, 1.807) is 57.0 Å². The van der Waals surface area contributed by atoms with Crippen LogP contribution in [0.1, 0.15) is 74.5 Å². The third-order valence-electron chi connectivity index (χ3n) is 13.7. The monoisotopic (exact) mass is 1110 g/mol. The summed E-state index contributed by atoms with van der Waals surface area (Å²) >= 11 is 1.56. The molecule has 0 spiro atoms. The highest BCUT2D eigenvalue weighted by Crippen LogP contribution is 2.37. The minimum absolute atomic E-state index is 0.00426. The third kappa shape index (κ3) is 15.1. The van der Waals surface area contributed by atoms with E-state index in [1.807, 2.05) is 71.1 Å². The molecule has 1 saturated heterocycles. The van der Waals surface area contributed by atoms with Crippen LogP contribution in [-0.4, -0.2) is 124 Å². The second-order valence-corrected chi connectivity index (χ2v) is 21.5. The van der Waals surface area contributed by atoms with E-state index >= 15 is 0 Å². The van der Waals surface area contributed by atoms with Gasteiger partial charge >= 0.3 is 6.18 Å². The molecule has 0 aliphatic carbocycles. The Bertz CT molecular complexity index is 3090. The van der Waals surface area contributed by atoms with E-state index in [1.165, 1.54) is 17.0 Å². The molecule has 79 heavy (non-hydrogen) atoms. The van der Waals surface area contributed by atoms with Gasteiger partial charge in [0.25, 0.3) is 0 Å². The normalized spacial score (nSPS) is 16.2. The van der Waals surface area contributed by atoms with Crippen LogP contribution in [0.5, 0.6) is 11.5 Å². The van der Waals surface area contributed by atoms with Gasteiger partial charge in [-0.05, 0) is 78.3 Å². The summed E-state index contributed by atoms with van der Waals surface area (Å²) in [5.74, 6) is -0.540. The Morgan fingerprint density at radius 2 is 1.61 bits per heavy atom. The number of carbonyl (C=O) groups is 4. The van der Waals surface area contributed by atoms with Crippen LogP contribution >= 0.6 is 11.3 Å². The fourth-order valence-electron chi connectivity index (χ4n) is 9.40. The molecule has 3 aromatic carbocycles. The number of halogens is 3. The van der Waals surface area contributed by atoms with Gasteiger partial charge in [0.2, 0.25) is 23.6 Å². The quantitative estimate of drug-likeness (QED) is 0.0452. The largest absolute Gasteiger partial charge is 0.453 e. The molecule has 0 unspecified atom stereocenters. The number of nitrogens with two attached hydrogens (primary N) is 1. The predicted octanol–water partition coefficient (Wildman–Crippen LogP) is 7.71. The molecule has 8 rings (SSSR count). The number of pyridine rings is 1. The molecule has 0 saturated carbocycles. The molecule has 4 atom stereocenters. The molecule has 0 radical (unpaired) electrons. The van der Waals surface area contributed by atoms with Gasteiger partial charge in [0.05, 0.1) is 92.6 Å². The van der Waals surface area contributed by atoms with Gasteiger partial charge in [-0.2, -0.15) is 18.3 Å². The van der Waals surface area contributed by atoms with Gasteiger partial charge in [0.1, 0.15) is 17.8 Å². The molecule has 4 amide bonds. The number of aromatic nitrogens is 4. The van der Waals surface area contributed by atoms with Crippen molar-refractivity contribution in [1.82, 2.24) is 35.3 Å². The Kier molecular flexibility index (Phi) is 18.8. The number of anilines is 2. The van der Waals surface area contributed by atoms with E-state index in [2.05, 4.69) is 25.7 Å². The third-order valence-corrected chi connectivity index (χ3v) is 14.7. The smallest absolute Gasteiger partial charge is 0.416 e. The van der Waals surface area contributed by atoms with Gasteiger partial charge in [0.15, 0.2) is 11.6 Å². The van der Waals surface area contributed by atoms with Crippen LogP contribution in [0, 0.1) is 12.3 Å². The zero-order chi connectivity index (χ0) is 56.4. The number of carbonyl (C=O) groups excluding carboxylic acids is 4. The van der Waals surface area contributed by atoms with E-state index in [9.17, 15) is 37.5 Å². The maximum absolute atomic E-state index is 14.1. The summed E-state index contributed by atoms with van der Waals surface area (Å²) in [6.07, 6.45) is 0.228. The van der Waals surface area contributed by atoms with Crippen LogP contribution < -0.4 is 26.0 Å². The maximum Gasteiger partial charge on any atom is 0.416 e. The lowest BCUT2D eigenvalue weighted by Gasteiger charge is -2.35. The first-order valence-electron chi connectivity index (χ1n) is 26.1. The highest BCUT2D eigenvalue weighted by atomic mass is 32.1. The first-order valence-corrected chi connectivity index (χ1v) is 27.0. The van der Waals surface area contributed by atoms with Gasteiger partial charge in [-0.15, -0.1) is 11.3 Å². The number of hydrogen-bond acceptors (Lipinski definition) is 14. The molecule has 22 heteroatoms. The van der Waals surface area contributed by atoms with Crippen molar-refractivity contribution in [2.24, 2.45) is 5.41 Å². The minimum atomic E-state index is -4.50. The summed E-state index contributed by atoms with van der Waals surface area (Å²) in [7, 11) is 0. The van der Waals surface area contributed by atoms with Crippen LogP contribution in [-0.2, 0) is 59.0 Å². The van der Waals surface area contributed by atoms with Crippen molar-refractivity contribution in [3.05, 3.63) is 125 Å². The number of rotatable bonds is 23. The SMILES string of the molecule is Cc1ncsc1-c1ccc([C@H](C)NC(=O)[C@@H]2C[C@@H](O)CN2C(=O)[C@@H](NC(=O)CCOCCOCCOCCn2cc(-c3cnc(N)c(Oc4ccc5c(c4)CCN5C(=O)Cc4cccc(C(F)(F)F)c4)c3)cn2)C(C)(C)C)cc1. The fraction of sp³-hybridized carbons (Fsp3) is 0.421. The molecule has 5 heterocycles. The average Bonchev–Trinajstić information content (AvgIpc) is 4.25. The van der Waals surface area contributed by atoms with E-state index in [4.69, 9.17) is 24.7 Å². The Morgan fingerprint density at radius 1 is 0.873 bits per heavy atom. The number of aryl methyl sites for hydroxylation is 1. The number of aliphatic hydroxyl groups is 1. The highest BCUT2D eigenvalue weighted by molar-refractivity contribution is 7.13. The standard InChI is InChI=1S/C57H66F3N9O9S/c1-35(38-9-11-39(12-10-38)51-36(2)63-34-79-51)65-54(73)47-29-44(70)33-69(47)55(74)52(56(3,4)5)66-49(71)16-19-75-21-23-77-24-22-76-20-18-67-32-42(31-64-67)41-28-48(53(61)62-30-41)78-45-13-14-46-40(27-45)15-17-68(46)50(72)26-37-7-6-8-43(25-37)57(58,59)60/h6-14,25,27-28,30-32,34-35,44,47,52,70H,15-24,26,29,33H2,1-5H3,(H2,61,62)(H,65,73)(H,66,71)/t35-,44+,47-,52+/m0/s1. The van der Waals surface area contributed by atoms with Crippen molar-refractivity contribution in [1.29, 1.82) is 0 Å². The first-order chi connectivity index (χ1) is 37.7. The zero-order valence-electron chi connectivity index (χ0n) is 44.8. The zero-order valence-corrected chi connectivity index (χ0v) is 45.6. The number of nitrogen functional groups attached to an aromatic ring is 1. The summed E-state index contributed by atoms with van der Waals surface area (Å²) in [6.45, 7) is 11.8. The van der Waals surface area contributed by atoms with E-state index in [0.717, 1.165) is 45.0 Å². The summed E-state index contributed by atoms with van der Waals surface area (Å²) in [4.78, 5) is 66.7. The van der Waals surface area contributed by atoms with E-state index < -0.39 is 41.2 Å². The predicted molar refractivity (Wildman–Crippen MR) is 291 cm³/mol. The first kappa shape index (κ1) is 57.9. The number of alkyl halides is 3. The molecular formula is C57H66F3N9O9S. The molecule has 1 fully saturated rings. The van der Waals surface area contributed by atoms with Crippen molar-refractivity contribution in [2.45, 2.75) is 97.3 Å². The second kappa shape index (κ2) is 25.7. The van der Waals surface area contributed by atoms with E-state index in [-0.39, 0.29) is 80.8 Å². The Labute approximate surface area is 460 Å². The summed E-state index contributed by atoms with van der Waals surface area (Å²) in [5, 5.41) is 21.0. The summed E-state index contributed by atoms with van der Waals surface area (Å²) < 4.78 is 64.6. The lowest BCUT2D eigenvalue weighted by molar-refractivity contribution is -0.144. The molecule has 6 aromatic rings. The number of likely N-dealkylation sites (tertiary alicyclic amines) is 1. The lowest BCUT2D eigenvalue weighted by Crippen LogP contribution is -2.58. The van der Waals surface area contributed by atoms with Crippen LogP contribution in [0.15, 0.2) is 96.9 Å². The highest BCUT2D eigenvalue weighted by Gasteiger charge is 2.45. The van der Waals surface area contributed by atoms with Crippen molar-refractivity contribution in [2.75, 3.05) is 63.4 Å². The molecule has 18 nitrogen and oxygen atoms in total. The molecular weight excluding hydrogens is 1040 g/mol. The topological polar surface area (TPSA) is 226 Å². The van der Waals surface area contributed by atoms with Gasteiger partial charge in [-0.3, -0.25) is 23.9 Å². The summed E-state index contributed by atoms with van der Waals surface area (Å²) in [6, 6.07) is 17.5. The number of amides is 4. The molecule has 2 aliphatic rings. The van der Waals surface area contributed by atoms with Crippen LogP contribution in [0.25, 0.3) is 21.6 Å². The molecule has 420 valence electrons.